The number of aliphatic carboxylic acids is 1. The second-order valence-corrected chi connectivity index (χ2v) is 7.65. The minimum absolute atomic E-state index is 0.0412. The molecule has 144 valence electrons. The van der Waals surface area contributed by atoms with Crippen LogP contribution in [0.4, 0.5) is 0 Å². The van der Waals surface area contributed by atoms with Gasteiger partial charge in [0, 0.05) is 12.0 Å². The largest absolute Gasteiger partial charge is 0.491 e. The Hall–Kier alpha value is -2.04. The van der Waals surface area contributed by atoms with Crippen LogP contribution in [-0.2, 0) is 16.0 Å². The monoisotopic (exact) mass is 361 g/mol. The highest BCUT2D eigenvalue weighted by atomic mass is 16.5. The molecule has 1 aromatic carbocycles. The van der Waals surface area contributed by atoms with E-state index in [1.807, 2.05) is 32.9 Å². The zero-order valence-corrected chi connectivity index (χ0v) is 16.0. The van der Waals surface area contributed by atoms with Crippen LogP contribution in [0.25, 0.3) is 0 Å². The first-order chi connectivity index (χ1) is 12.3. The molecule has 0 bridgehead atoms. The van der Waals surface area contributed by atoms with E-state index in [-0.39, 0.29) is 29.9 Å². The number of nitrogens with one attached hydrogen (secondary N) is 1. The lowest BCUT2D eigenvalue weighted by Gasteiger charge is -2.26. The number of carboxylic acid groups (broad SMARTS) is 1. The summed E-state index contributed by atoms with van der Waals surface area (Å²) in [6.07, 6.45) is 4.50. The van der Waals surface area contributed by atoms with E-state index in [0.717, 1.165) is 18.6 Å². The normalized spacial score (nSPS) is 21.2. The number of carboxylic acids is 1. The molecule has 0 saturated heterocycles. The third-order valence-corrected chi connectivity index (χ3v) is 5.00. The topological polar surface area (TPSA) is 75.6 Å². The van der Waals surface area contributed by atoms with Gasteiger partial charge >= 0.3 is 5.97 Å². The van der Waals surface area contributed by atoms with E-state index in [1.165, 1.54) is 5.56 Å². The number of amides is 1. The maximum Gasteiger partial charge on any atom is 0.306 e. The van der Waals surface area contributed by atoms with Gasteiger partial charge in [-0.2, -0.15) is 0 Å². The fraction of sp³-hybridized carbons (Fsp3) is 0.619. The second kappa shape index (κ2) is 9.60. The maximum absolute atomic E-state index is 12.4. The van der Waals surface area contributed by atoms with Crippen molar-refractivity contribution in [3.05, 3.63) is 29.8 Å². The van der Waals surface area contributed by atoms with Gasteiger partial charge < -0.3 is 15.2 Å². The first-order valence-electron chi connectivity index (χ1n) is 9.64. The standard InChI is InChI=1S/C21H31NO4/c1-14(2)26-19-12-6-16(7-13-19)5-4-15(3)22-20(23)17-8-10-18(11-9-17)21(24)25/h6-7,12-15,17-18H,4-5,8-11H2,1-3H3,(H,22,23)(H,24,25). The highest BCUT2D eigenvalue weighted by Crippen LogP contribution is 2.29. The molecule has 1 fully saturated rings. The number of carbonyl (C=O) groups is 2. The van der Waals surface area contributed by atoms with Crippen molar-refractivity contribution in [2.75, 3.05) is 0 Å². The molecule has 1 unspecified atom stereocenters. The van der Waals surface area contributed by atoms with Gasteiger partial charge in [-0.3, -0.25) is 9.59 Å². The molecule has 1 saturated carbocycles. The van der Waals surface area contributed by atoms with Crippen LogP contribution in [0.2, 0.25) is 0 Å². The number of hydrogen-bond donors (Lipinski definition) is 2. The van der Waals surface area contributed by atoms with Gasteiger partial charge in [0.2, 0.25) is 5.91 Å². The summed E-state index contributed by atoms with van der Waals surface area (Å²) in [6.45, 7) is 6.04. The van der Waals surface area contributed by atoms with E-state index < -0.39 is 5.97 Å². The third-order valence-electron chi connectivity index (χ3n) is 5.00. The Balaban J connectivity index is 1.72. The molecule has 2 rings (SSSR count). The fourth-order valence-corrected chi connectivity index (χ4v) is 3.43. The summed E-state index contributed by atoms with van der Waals surface area (Å²) >= 11 is 0. The molecule has 1 amide bonds. The van der Waals surface area contributed by atoms with Gasteiger partial charge in [-0.05, 0) is 77.0 Å². The molecular weight excluding hydrogens is 330 g/mol. The van der Waals surface area contributed by atoms with Gasteiger partial charge in [0.15, 0.2) is 0 Å². The zero-order chi connectivity index (χ0) is 19.1. The fourth-order valence-electron chi connectivity index (χ4n) is 3.43. The Bertz CT molecular complexity index is 589. The highest BCUT2D eigenvalue weighted by Gasteiger charge is 2.30. The number of hydrogen-bond acceptors (Lipinski definition) is 3. The zero-order valence-electron chi connectivity index (χ0n) is 16.0. The molecule has 1 aliphatic carbocycles. The molecule has 5 nitrogen and oxygen atoms in total. The Morgan fingerprint density at radius 3 is 2.19 bits per heavy atom. The molecular formula is C21H31NO4. The Morgan fingerprint density at radius 1 is 1.08 bits per heavy atom. The quantitative estimate of drug-likeness (QED) is 0.738. The molecule has 0 aromatic heterocycles. The molecule has 5 heteroatoms. The van der Waals surface area contributed by atoms with Crippen molar-refractivity contribution in [2.24, 2.45) is 11.8 Å². The Kier molecular flexibility index (Phi) is 7.49. The molecule has 0 spiro atoms. The number of rotatable bonds is 8. The van der Waals surface area contributed by atoms with Gasteiger partial charge in [-0.1, -0.05) is 12.1 Å². The van der Waals surface area contributed by atoms with Crippen molar-refractivity contribution in [1.82, 2.24) is 5.32 Å². The minimum atomic E-state index is -0.734. The summed E-state index contributed by atoms with van der Waals surface area (Å²) < 4.78 is 5.64. The average Bonchev–Trinajstić information content (AvgIpc) is 2.60. The number of aryl methyl sites for hydroxylation is 1. The summed E-state index contributed by atoms with van der Waals surface area (Å²) in [5.74, 6) is -0.106. The van der Waals surface area contributed by atoms with Crippen LogP contribution in [0.15, 0.2) is 24.3 Å². The lowest BCUT2D eigenvalue weighted by Crippen LogP contribution is -2.39. The number of benzene rings is 1. The van der Waals surface area contributed by atoms with Crippen molar-refractivity contribution in [2.45, 2.75) is 71.4 Å². The van der Waals surface area contributed by atoms with Crippen LogP contribution in [0.5, 0.6) is 5.75 Å². The van der Waals surface area contributed by atoms with Gasteiger partial charge in [0.05, 0.1) is 12.0 Å². The summed E-state index contributed by atoms with van der Waals surface area (Å²) in [7, 11) is 0. The minimum Gasteiger partial charge on any atom is -0.491 e. The van der Waals surface area contributed by atoms with Crippen molar-refractivity contribution < 1.29 is 19.4 Å². The van der Waals surface area contributed by atoms with Crippen LogP contribution in [0, 0.1) is 11.8 Å². The number of ether oxygens (including phenoxy) is 1. The lowest BCUT2D eigenvalue weighted by molar-refractivity contribution is -0.144. The van der Waals surface area contributed by atoms with E-state index in [1.54, 1.807) is 0 Å². The van der Waals surface area contributed by atoms with Crippen LogP contribution >= 0.6 is 0 Å². The van der Waals surface area contributed by atoms with Crippen LogP contribution < -0.4 is 10.1 Å². The Labute approximate surface area is 156 Å². The van der Waals surface area contributed by atoms with Gasteiger partial charge in [-0.15, -0.1) is 0 Å². The van der Waals surface area contributed by atoms with E-state index in [2.05, 4.69) is 17.4 Å². The molecule has 0 heterocycles. The van der Waals surface area contributed by atoms with Crippen molar-refractivity contribution in [3.63, 3.8) is 0 Å². The van der Waals surface area contributed by atoms with Crippen LogP contribution in [-0.4, -0.2) is 29.1 Å². The molecule has 2 N–H and O–H groups in total. The SMILES string of the molecule is CC(CCc1ccc(OC(C)C)cc1)NC(=O)C1CCC(C(=O)O)CC1. The number of carbonyl (C=O) groups excluding carboxylic acids is 1. The van der Waals surface area contributed by atoms with Gasteiger partial charge in [0.1, 0.15) is 5.75 Å². The summed E-state index contributed by atoms with van der Waals surface area (Å²) in [6, 6.07) is 8.21. The average molecular weight is 361 g/mol. The van der Waals surface area contributed by atoms with Crippen LogP contribution in [0.3, 0.4) is 0 Å². The molecule has 1 aliphatic rings. The summed E-state index contributed by atoms with van der Waals surface area (Å²) in [5, 5.41) is 12.1. The van der Waals surface area contributed by atoms with Crippen molar-refractivity contribution >= 4 is 11.9 Å². The predicted octanol–water partition coefficient (Wildman–Crippen LogP) is 3.80. The molecule has 26 heavy (non-hydrogen) atoms. The van der Waals surface area contributed by atoms with Crippen molar-refractivity contribution in [1.29, 1.82) is 0 Å². The molecule has 1 atom stereocenters. The predicted molar refractivity (Wildman–Crippen MR) is 101 cm³/mol. The third kappa shape index (κ3) is 6.36. The summed E-state index contributed by atoms with van der Waals surface area (Å²) in [5.41, 5.74) is 1.23. The Morgan fingerprint density at radius 2 is 1.65 bits per heavy atom. The van der Waals surface area contributed by atoms with Gasteiger partial charge in [-0.25, -0.2) is 0 Å². The summed E-state index contributed by atoms with van der Waals surface area (Å²) in [4.78, 5) is 23.4. The van der Waals surface area contributed by atoms with E-state index >= 15 is 0 Å². The van der Waals surface area contributed by atoms with Gasteiger partial charge in [0.25, 0.3) is 0 Å². The van der Waals surface area contributed by atoms with Crippen LogP contribution in [0.1, 0.15) is 58.4 Å². The highest BCUT2D eigenvalue weighted by molar-refractivity contribution is 5.79. The van der Waals surface area contributed by atoms with E-state index in [0.29, 0.717) is 25.7 Å². The lowest BCUT2D eigenvalue weighted by atomic mass is 9.81. The second-order valence-electron chi connectivity index (χ2n) is 7.65. The van der Waals surface area contributed by atoms with E-state index in [4.69, 9.17) is 9.84 Å². The van der Waals surface area contributed by atoms with Crippen molar-refractivity contribution in [3.8, 4) is 5.75 Å². The smallest absolute Gasteiger partial charge is 0.306 e. The first kappa shape index (κ1) is 20.3. The molecule has 1 aromatic rings. The molecule has 0 aliphatic heterocycles. The van der Waals surface area contributed by atoms with E-state index in [9.17, 15) is 9.59 Å². The first-order valence-corrected chi connectivity index (χ1v) is 9.64. The maximum atomic E-state index is 12.4. The molecule has 0 radical (unpaired) electrons.